The molecule has 0 N–H and O–H groups in total. The van der Waals surface area contributed by atoms with E-state index in [0.717, 1.165) is 34.5 Å². The summed E-state index contributed by atoms with van der Waals surface area (Å²) in [5.74, 6) is -0.0675. The van der Waals surface area contributed by atoms with Crippen LogP contribution in [0.5, 0.6) is 0 Å². The maximum Gasteiger partial charge on any atom is 0.271 e. The molecule has 4 heteroatoms. The van der Waals surface area contributed by atoms with Gasteiger partial charge in [-0.2, -0.15) is 5.10 Å². The number of rotatable bonds is 1. The highest BCUT2D eigenvalue weighted by molar-refractivity contribution is 6.30. The summed E-state index contributed by atoms with van der Waals surface area (Å²) in [6, 6.07) is 7.64. The number of aryl methyl sites for hydroxylation is 1. The Morgan fingerprint density at radius 1 is 1.21 bits per heavy atom. The van der Waals surface area contributed by atoms with Crippen molar-refractivity contribution in [3.63, 3.8) is 0 Å². The average molecular weight is 273 g/mol. The van der Waals surface area contributed by atoms with Crippen LogP contribution in [0.3, 0.4) is 0 Å². The van der Waals surface area contributed by atoms with Gasteiger partial charge in [0.1, 0.15) is 0 Å². The van der Waals surface area contributed by atoms with Crippen molar-refractivity contribution in [3.05, 3.63) is 52.3 Å². The predicted octanol–water partition coefficient (Wildman–Crippen LogP) is 3.65. The van der Waals surface area contributed by atoms with Crippen LogP contribution in [0.1, 0.15) is 23.1 Å². The minimum absolute atomic E-state index is 0.0675. The molecule has 1 aliphatic heterocycles. The van der Waals surface area contributed by atoms with E-state index < -0.39 is 0 Å². The lowest BCUT2D eigenvalue weighted by molar-refractivity contribution is 0.0945. The van der Waals surface area contributed by atoms with Crippen molar-refractivity contribution < 1.29 is 4.79 Å². The molecule has 0 spiro atoms. The van der Waals surface area contributed by atoms with E-state index in [1.54, 1.807) is 6.08 Å². The maximum absolute atomic E-state index is 11.9. The molecule has 0 saturated heterocycles. The molecule has 1 aromatic carbocycles. The zero-order valence-electron chi connectivity index (χ0n) is 10.8. The molecule has 2 heterocycles. The molecular formula is C15H13ClN2O. The van der Waals surface area contributed by atoms with Crippen LogP contribution in [-0.4, -0.2) is 15.7 Å². The summed E-state index contributed by atoms with van der Waals surface area (Å²) < 4.78 is 1.51. The Balaban J connectivity index is 2.19. The lowest BCUT2D eigenvalue weighted by Crippen LogP contribution is -2.18. The largest absolute Gasteiger partial charge is 0.271 e. The summed E-state index contributed by atoms with van der Waals surface area (Å²) >= 11 is 5.92. The number of nitrogens with zero attached hydrogens (tertiary/aromatic N) is 2. The molecule has 0 radical (unpaired) electrons. The molecule has 0 bridgehead atoms. The van der Waals surface area contributed by atoms with Crippen molar-refractivity contribution in [1.82, 2.24) is 9.78 Å². The third-order valence-corrected chi connectivity index (χ3v) is 3.57. The first-order valence-electron chi connectivity index (χ1n) is 6.12. The van der Waals surface area contributed by atoms with Crippen molar-refractivity contribution in [3.8, 4) is 11.1 Å². The van der Waals surface area contributed by atoms with E-state index in [0.29, 0.717) is 5.02 Å². The quantitative estimate of drug-likeness (QED) is 0.794. The lowest BCUT2D eigenvalue weighted by atomic mass is 9.98. The van der Waals surface area contributed by atoms with Gasteiger partial charge < -0.3 is 0 Å². The average Bonchev–Trinajstić information content (AvgIpc) is 2.67. The van der Waals surface area contributed by atoms with Crippen LogP contribution in [0.25, 0.3) is 11.1 Å². The second kappa shape index (κ2) is 4.35. The molecule has 19 heavy (non-hydrogen) atoms. The van der Waals surface area contributed by atoms with Crippen LogP contribution >= 0.6 is 11.6 Å². The third-order valence-electron chi connectivity index (χ3n) is 3.31. The molecule has 0 saturated carbocycles. The Morgan fingerprint density at radius 3 is 2.58 bits per heavy atom. The van der Waals surface area contributed by atoms with E-state index in [9.17, 15) is 4.79 Å². The highest BCUT2D eigenvalue weighted by Gasteiger charge is 2.23. The number of allylic oxidation sites excluding steroid dienone is 2. The molecule has 0 fully saturated rings. The van der Waals surface area contributed by atoms with E-state index in [1.807, 2.05) is 38.1 Å². The van der Waals surface area contributed by atoms with Gasteiger partial charge in [0.2, 0.25) is 0 Å². The van der Waals surface area contributed by atoms with Gasteiger partial charge >= 0.3 is 0 Å². The van der Waals surface area contributed by atoms with Crippen molar-refractivity contribution in [2.24, 2.45) is 0 Å². The van der Waals surface area contributed by atoms with Crippen molar-refractivity contribution in [2.75, 3.05) is 0 Å². The summed E-state index contributed by atoms with van der Waals surface area (Å²) in [6.07, 6.45) is 2.40. The molecule has 0 amide bonds. The second-order valence-electron chi connectivity index (χ2n) is 4.83. The standard InChI is InChI=1S/C15H13ClN2O/c1-9-7-13-15(11-3-5-12(16)6-4-11)10(2)17-18(13)14(19)8-9/h3-6,8H,7H2,1-2H3. The highest BCUT2D eigenvalue weighted by Crippen LogP contribution is 2.31. The molecule has 2 aromatic rings. The molecule has 3 nitrogen and oxygen atoms in total. The molecule has 1 aromatic heterocycles. The van der Waals surface area contributed by atoms with Gasteiger partial charge in [-0.15, -0.1) is 0 Å². The minimum Gasteiger partial charge on any atom is -0.267 e. The van der Waals surface area contributed by atoms with Crippen LogP contribution in [0, 0.1) is 6.92 Å². The first kappa shape index (κ1) is 12.2. The molecular weight excluding hydrogens is 260 g/mol. The van der Waals surface area contributed by atoms with Crippen LogP contribution < -0.4 is 0 Å². The van der Waals surface area contributed by atoms with Crippen LogP contribution in [0.15, 0.2) is 35.9 Å². The zero-order valence-corrected chi connectivity index (χ0v) is 11.5. The third kappa shape index (κ3) is 2.00. The molecule has 0 aliphatic carbocycles. The monoisotopic (exact) mass is 272 g/mol. The van der Waals surface area contributed by atoms with Gasteiger partial charge in [-0.1, -0.05) is 29.3 Å². The zero-order chi connectivity index (χ0) is 13.6. The second-order valence-corrected chi connectivity index (χ2v) is 5.27. The number of aromatic nitrogens is 2. The Morgan fingerprint density at radius 2 is 1.89 bits per heavy atom. The SMILES string of the molecule is CC1=CC(=O)n2nc(C)c(-c3ccc(Cl)cc3)c2C1. The summed E-state index contributed by atoms with van der Waals surface area (Å²) in [5.41, 5.74) is 4.98. The van der Waals surface area contributed by atoms with Gasteiger partial charge in [0.05, 0.1) is 11.4 Å². The number of carbonyl (C=O) groups excluding carboxylic acids is 1. The molecule has 3 rings (SSSR count). The number of hydrogen-bond acceptors (Lipinski definition) is 2. The smallest absolute Gasteiger partial charge is 0.267 e. The molecule has 0 atom stereocenters. The number of halogens is 1. The fourth-order valence-electron chi connectivity index (χ4n) is 2.50. The van der Waals surface area contributed by atoms with Gasteiger partial charge in [-0.05, 0) is 31.5 Å². The minimum atomic E-state index is -0.0675. The van der Waals surface area contributed by atoms with E-state index in [1.165, 1.54) is 4.68 Å². The van der Waals surface area contributed by atoms with Gasteiger partial charge in [-0.3, -0.25) is 4.79 Å². The van der Waals surface area contributed by atoms with E-state index in [4.69, 9.17) is 11.6 Å². The van der Waals surface area contributed by atoms with E-state index in [2.05, 4.69) is 5.10 Å². The Kier molecular flexibility index (Phi) is 2.79. The Hall–Kier alpha value is -1.87. The number of fused-ring (bicyclic) bond motifs is 1. The van der Waals surface area contributed by atoms with Gasteiger partial charge in [-0.25, -0.2) is 4.68 Å². The Bertz CT molecular complexity index is 696. The molecule has 1 aliphatic rings. The maximum atomic E-state index is 11.9. The highest BCUT2D eigenvalue weighted by atomic mass is 35.5. The fourth-order valence-corrected chi connectivity index (χ4v) is 2.63. The van der Waals surface area contributed by atoms with Crippen LogP contribution in [0.2, 0.25) is 5.02 Å². The number of benzene rings is 1. The normalized spacial score (nSPS) is 14.3. The lowest BCUT2D eigenvalue weighted by Gasteiger charge is -2.12. The topological polar surface area (TPSA) is 34.9 Å². The van der Waals surface area contributed by atoms with Crippen molar-refractivity contribution in [1.29, 1.82) is 0 Å². The predicted molar refractivity (Wildman–Crippen MR) is 75.5 cm³/mol. The Labute approximate surface area is 116 Å². The summed E-state index contributed by atoms with van der Waals surface area (Å²) in [4.78, 5) is 11.9. The summed E-state index contributed by atoms with van der Waals surface area (Å²) in [7, 11) is 0. The number of carbonyl (C=O) groups is 1. The van der Waals surface area contributed by atoms with E-state index in [-0.39, 0.29) is 5.91 Å². The summed E-state index contributed by atoms with van der Waals surface area (Å²) in [6.45, 7) is 3.90. The van der Waals surface area contributed by atoms with Gasteiger partial charge in [0.15, 0.2) is 0 Å². The molecule has 0 unspecified atom stereocenters. The van der Waals surface area contributed by atoms with Crippen molar-refractivity contribution in [2.45, 2.75) is 20.3 Å². The van der Waals surface area contributed by atoms with Crippen LogP contribution in [-0.2, 0) is 6.42 Å². The van der Waals surface area contributed by atoms with Crippen LogP contribution in [0.4, 0.5) is 0 Å². The fraction of sp³-hybridized carbons (Fsp3) is 0.200. The summed E-state index contributed by atoms with van der Waals surface area (Å²) in [5, 5.41) is 5.06. The molecule has 96 valence electrons. The first-order chi connectivity index (χ1) is 9.06. The first-order valence-corrected chi connectivity index (χ1v) is 6.50. The van der Waals surface area contributed by atoms with Gasteiger partial charge in [0, 0.05) is 23.1 Å². The van der Waals surface area contributed by atoms with Crippen molar-refractivity contribution >= 4 is 17.5 Å². The van der Waals surface area contributed by atoms with E-state index >= 15 is 0 Å². The number of hydrogen-bond donors (Lipinski definition) is 0. The van der Waals surface area contributed by atoms with Gasteiger partial charge in [0.25, 0.3) is 5.91 Å².